The SMILES string of the molecule is CC(C)C(CCNC(=O)C(C)C(C)N)CCC(=O)O. The summed E-state index contributed by atoms with van der Waals surface area (Å²) < 4.78 is 0. The average Bonchev–Trinajstić information content (AvgIpc) is 2.31. The van der Waals surface area contributed by atoms with Gasteiger partial charge in [0.25, 0.3) is 0 Å². The van der Waals surface area contributed by atoms with Gasteiger partial charge in [0.1, 0.15) is 0 Å². The molecule has 0 saturated carbocycles. The van der Waals surface area contributed by atoms with Gasteiger partial charge in [0.2, 0.25) is 5.91 Å². The number of amides is 1. The van der Waals surface area contributed by atoms with E-state index in [1.165, 1.54) is 0 Å². The number of carboxylic acids is 1. The van der Waals surface area contributed by atoms with Crippen LogP contribution in [-0.4, -0.2) is 29.6 Å². The Kier molecular flexibility index (Phi) is 8.39. The molecule has 0 aromatic heterocycles. The Morgan fingerprint density at radius 2 is 1.74 bits per heavy atom. The fourth-order valence-electron chi connectivity index (χ4n) is 1.90. The van der Waals surface area contributed by atoms with Crippen molar-refractivity contribution in [2.75, 3.05) is 6.54 Å². The number of nitrogens with one attached hydrogen (secondary N) is 1. The van der Waals surface area contributed by atoms with E-state index in [9.17, 15) is 9.59 Å². The Balaban J connectivity index is 4.06. The monoisotopic (exact) mass is 272 g/mol. The third kappa shape index (κ3) is 7.82. The number of hydrogen-bond acceptors (Lipinski definition) is 3. The van der Waals surface area contributed by atoms with Gasteiger partial charge < -0.3 is 16.2 Å². The van der Waals surface area contributed by atoms with E-state index in [0.717, 1.165) is 6.42 Å². The fraction of sp³-hybridized carbons (Fsp3) is 0.857. The summed E-state index contributed by atoms with van der Waals surface area (Å²) in [4.78, 5) is 22.3. The standard InChI is InChI=1S/C14H28N2O3/c1-9(2)12(5-6-13(17)18)7-8-16-14(19)10(3)11(4)15/h9-12H,5-8,15H2,1-4H3,(H,16,19)(H,17,18). The van der Waals surface area contributed by atoms with E-state index >= 15 is 0 Å². The molecule has 3 unspecified atom stereocenters. The van der Waals surface area contributed by atoms with Crippen molar-refractivity contribution in [1.82, 2.24) is 5.32 Å². The quantitative estimate of drug-likeness (QED) is 0.594. The van der Waals surface area contributed by atoms with Crippen molar-refractivity contribution in [2.24, 2.45) is 23.5 Å². The molecule has 4 N–H and O–H groups in total. The molecule has 0 aliphatic carbocycles. The molecular weight excluding hydrogens is 244 g/mol. The molecular formula is C14H28N2O3. The largest absolute Gasteiger partial charge is 0.481 e. The minimum atomic E-state index is -0.764. The Bertz CT molecular complexity index is 290. The predicted molar refractivity (Wildman–Crippen MR) is 75.6 cm³/mol. The van der Waals surface area contributed by atoms with Gasteiger partial charge in [-0.05, 0) is 31.6 Å². The lowest BCUT2D eigenvalue weighted by Gasteiger charge is -2.21. The smallest absolute Gasteiger partial charge is 0.303 e. The van der Waals surface area contributed by atoms with Gasteiger partial charge in [-0.3, -0.25) is 9.59 Å². The summed E-state index contributed by atoms with van der Waals surface area (Å²) in [5, 5.41) is 11.6. The van der Waals surface area contributed by atoms with Gasteiger partial charge in [0.05, 0.1) is 0 Å². The highest BCUT2D eigenvalue weighted by atomic mass is 16.4. The number of rotatable bonds is 9. The molecule has 0 spiro atoms. The minimum Gasteiger partial charge on any atom is -0.481 e. The maximum atomic E-state index is 11.7. The number of aliphatic carboxylic acids is 1. The van der Waals surface area contributed by atoms with Gasteiger partial charge in [-0.1, -0.05) is 20.8 Å². The first-order chi connectivity index (χ1) is 8.75. The molecule has 1 amide bonds. The second kappa shape index (κ2) is 8.91. The van der Waals surface area contributed by atoms with Crippen LogP contribution in [0.3, 0.4) is 0 Å². The molecule has 0 radical (unpaired) electrons. The third-order valence-corrected chi connectivity index (χ3v) is 3.69. The number of hydrogen-bond donors (Lipinski definition) is 3. The molecule has 5 nitrogen and oxygen atoms in total. The van der Waals surface area contributed by atoms with Crippen LogP contribution in [0.5, 0.6) is 0 Å². The van der Waals surface area contributed by atoms with Crippen LogP contribution in [0, 0.1) is 17.8 Å². The van der Waals surface area contributed by atoms with Crippen molar-refractivity contribution in [1.29, 1.82) is 0 Å². The molecule has 0 heterocycles. The first-order valence-electron chi connectivity index (χ1n) is 7.00. The molecule has 0 aliphatic rings. The van der Waals surface area contributed by atoms with Gasteiger partial charge in [-0.25, -0.2) is 0 Å². The lowest BCUT2D eigenvalue weighted by atomic mass is 9.88. The Morgan fingerprint density at radius 1 is 1.16 bits per heavy atom. The van der Waals surface area contributed by atoms with Crippen LogP contribution in [0.15, 0.2) is 0 Å². The summed E-state index contributed by atoms with van der Waals surface area (Å²) >= 11 is 0. The highest BCUT2D eigenvalue weighted by Crippen LogP contribution is 2.20. The van der Waals surface area contributed by atoms with Crippen LogP contribution in [0.25, 0.3) is 0 Å². The van der Waals surface area contributed by atoms with Gasteiger partial charge >= 0.3 is 5.97 Å². The van der Waals surface area contributed by atoms with Gasteiger partial charge in [-0.15, -0.1) is 0 Å². The number of carbonyl (C=O) groups is 2. The highest BCUT2D eigenvalue weighted by Gasteiger charge is 2.18. The van der Waals surface area contributed by atoms with Crippen molar-refractivity contribution >= 4 is 11.9 Å². The van der Waals surface area contributed by atoms with Gasteiger partial charge in [-0.2, -0.15) is 0 Å². The number of carbonyl (C=O) groups excluding carboxylic acids is 1. The molecule has 0 fully saturated rings. The van der Waals surface area contributed by atoms with Crippen molar-refractivity contribution in [3.05, 3.63) is 0 Å². The number of nitrogens with two attached hydrogens (primary N) is 1. The van der Waals surface area contributed by atoms with E-state index in [1.807, 2.05) is 13.8 Å². The molecule has 112 valence electrons. The molecule has 0 aromatic carbocycles. The second-order valence-corrected chi connectivity index (χ2v) is 5.66. The normalized spacial score (nSPS) is 15.9. The topological polar surface area (TPSA) is 92.4 Å². The summed E-state index contributed by atoms with van der Waals surface area (Å²) in [5.74, 6) is -0.253. The molecule has 0 aliphatic heterocycles. The zero-order valence-electron chi connectivity index (χ0n) is 12.5. The highest BCUT2D eigenvalue weighted by molar-refractivity contribution is 5.78. The molecule has 0 saturated heterocycles. The van der Waals surface area contributed by atoms with E-state index in [2.05, 4.69) is 19.2 Å². The predicted octanol–water partition coefficient (Wildman–Crippen LogP) is 1.61. The van der Waals surface area contributed by atoms with Crippen LogP contribution in [-0.2, 0) is 9.59 Å². The van der Waals surface area contributed by atoms with Crippen molar-refractivity contribution in [3.8, 4) is 0 Å². The van der Waals surface area contributed by atoms with Crippen LogP contribution < -0.4 is 11.1 Å². The lowest BCUT2D eigenvalue weighted by Crippen LogP contribution is -2.39. The molecule has 0 bridgehead atoms. The Hall–Kier alpha value is -1.10. The van der Waals surface area contributed by atoms with Gasteiger partial charge in [0.15, 0.2) is 0 Å². The zero-order valence-corrected chi connectivity index (χ0v) is 12.5. The molecule has 3 atom stereocenters. The van der Waals surface area contributed by atoms with Crippen LogP contribution in [0.4, 0.5) is 0 Å². The maximum absolute atomic E-state index is 11.7. The fourth-order valence-corrected chi connectivity index (χ4v) is 1.90. The van der Waals surface area contributed by atoms with Gasteiger partial charge in [0, 0.05) is 24.9 Å². The summed E-state index contributed by atoms with van der Waals surface area (Å²) in [5.41, 5.74) is 5.67. The second-order valence-electron chi connectivity index (χ2n) is 5.66. The molecule has 19 heavy (non-hydrogen) atoms. The third-order valence-electron chi connectivity index (χ3n) is 3.69. The van der Waals surface area contributed by atoms with E-state index in [1.54, 1.807) is 0 Å². The lowest BCUT2D eigenvalue weighted by molar-refractivity contribution is -0.137. The van der Waals surface area contributed by atoms with Crippen molar-refractivity contribution in [3.63, 3.8) is 0 Å². The summed E-state index contributed by atoms with van der Waals surface area (Å²) in [6.07, 6.45) is 1.65. The van der Waals surface area contributed by atoms with Crippen LogP contribution in [0.1, 0.15) is 47.0 Å². The molecule has 5 heteroatoms. The molecule has 0 aromatic rings. The number of carboxylic acid groups (broad SMARTS) is 1. The summed E-state index contributed by atoms with van der Waals surface area (Å²) in [6.45, 7) is 8.37. The van der Waals surface area contributed by atoms with Crippen LogP contribution >= 0.6 is 0 Å². The van der Waals surface area contributed by atoms with E-state index < -0.39 is 5.97 Å². The van der Waals surface area contributed by atoms with Crippen LogP contribution in [0.2, 0.25) is 0 Å². The van der Waals surface area contributed by atoms with Crippen molar-refractivity contribution < 1.29 is 14.7 Å². The van der Waals surface area contributed by atoms with E-state index in [-0.39, 0.29) is 24.3 Å². The maximum Gasteiger partial charge on any atom is 0.303 e. The zero-order chi connectivity index (χ0) is 15.0. The molecule has 0 rings (SSSR count). The first-order valence-corrected chi connectivity index (χ1v) is 7.00. The summed E-state index contributed by atoms with van der Waals surface area (Å²) in [7, 11) is 0. The Labute approximate surface area is 115 Å². The Morgan fingerprint density at radius 3 is 2.16 bits per heavy atom. The average molecular weight is 272 g/mol. The minimum absolute atomic E-state index is 0.0317. The summed E-state index contributed by atoms with van der Waals surface area (Å²) in [6, 6.07) is -0.159. The van der Waals surface area contributed by atoms with E-state index in [4.69, 9.17) is 10.8 Å². The first kappa shape index (κ1) is 17.9. The van der Waals surface area contributed by atoms with Crippen molar-refractivity contribution in [2.45, 2.75) is 53.0 Å². The van der Waals surface area contributed by atoms with E-state index in [0.29, 0.717) is 24.8 Å².